The van der Waals surface area contributed by atoms with Crippen LogP contribution in [0.2, 0.25) is 0 Å². The molecule has 74 valence electrons. The molecule has 6 heteroatoms. The van der Waals surface area contributed by atoms with E-state index in [9.17, 15) is 0 Å². The first-order valence-corrected chi connectivity index (χ1v) is 3.33. The molecule has 0 saturated heterocycles. The van der Waals surface area contributed by atoms with Crippen molar-refractivity contribution in [1.29, 1.82) is 5.41 Å². The van der Waals surface area contributed by atoms with Crippen molar-refractivity contribution in [2.45, 2.75) is 6.92 Å². The third kappa shape index (κ3) is 70.8. The van der Waals surface area contributed by atoms with Gasteiger partial charge in [-0.05, 0) is 14.0 Å². The molecule has 0 spiro atoms. The molecule has 0 aromatic heterocycles. The minimum atomic E-state index is 0.167. The van der Waals surface area contributed by atoms with E-state index in [4.69, 9.17) is 16.9 Å². The van der Waals surface area contributed by atoms with Crippen molar-refractivity contribution in [2.75, 3.05) is 21.1 Å². The lowest BCUT2D eigenvalue weighted by molar-refractivity contribution is 1.12. The predicted octanol–water partition coefficient (Wildman–Crippen LogP) is -1.33. The summed E-state index contributed by atoms with van der Waals surface area (Å²) < 4.78 is 0. The molecule has 0 fully saturated rings. The van der Waals surface area contributed by atoms with E-state index in [0.717, 1.165) is 0 Å². The Hall–Kier alpha value is -1.30. The number of guanidine groups is 1. The molecule has 8 N–H and O–H groups in total. The van der Waals surface area contributed by atoms with Gasteiger partial charge in [0.2, 0.25) is 0 Å². The average molecular weight is 176 g/mol. The molecular weight excluding hydrogens is 156 g/mol. The van der Waals surface area contributed by atoms with Crippen LogP contribution in [0.3, 0.4) is 0 Å². The Morgan fingerprint density at radius 1 is 1.33 bits per heavy atom. The summed E-state index contributed by atoms with van der Waals surface area (Å²) in [6.45, 7) is 1.53. The van der Waals surface area contributed by atoms with E-state index >= 15 is 0 Å². The molecule has 0 aromatic carbocycles. The van der Waals surface area contributed by atoms with Crippen molar-refractivity contribution >= 4 is 11.8 Å². The first-order chi connectivity index (χ1) is 5.54. The lowest BCUT2D eigenvalue weighted by Gasteiger charge is -1.90. The second kappa shape index (κ2) is 16.4. The summed E-state index contributed by atoms with van der Waals surface area (Å²) in [7, 11) is 4.86. The first kappa shape index (κ1) is 17.0. The van der Waals surface area contributed by atoms with E-state index in [1.54, 1.807) is 14.1 Å². The van der Waals surface area contributed by atoms with E-state index < -0.39 is 0 Å². The van der Waals surface area contributed by atoms with Gasteiger partial charge < -0.3 is 22.5 Å². The van der Waals surface area contributed by atoms with E-state index in [-0.39, 0.29) is 5.84 Å². The van der Waals surface area contributed by atoms with Gasteiger partial charge in [-0.3, -0.25) is 10.4 Å². The van der Waals surface area contributed by atoms with Gasteiger partial charge >= 0.3 is 0 Å². The van der Waals surface area contributed by atoms with Gasteiger partial charge in [0.05, 0.1) is 5.84 Å². The van der Waals surface area contributed by atoms with Crippen LogP contribution < -0.4 is 22.5 Å². The molecule has 6 nitrogen and oxygen atoms in total. The Labute approximate surface area is 73.7 Å². The van der Waals surface area contributed by atoms with Crippen LogP contribution >= 0.6 is 0 Å². The molecule has 0 saturated carbocycles. The Morgan fingerprint density at radius 2 is 1.58 bits per heavy atom. The van der Waals surface area contributed by atoms with Crippen molar-refractivity contribution in [2.24, 2.45) is 22.2 Å². The molecule has 0 atom stereocenters. The van der Waals surface area contributed by atoms with Crippen molar-refractivity contribution in [3.05, 3.63) is 0 Å². The molecule has 0 rings (SSSR count). The Balaban J connectivity index is -0.000000118. The van der Waals surface area contributed by atoms with Crippen LogP contribution in [-0.4, -0.2) is 32.9 Å². The van der Waals surface area contributed by atoms with Crippen molar-refractivity contribution in [1.82, 2.24) is 5.32 Å². The lowest BCUT2D eigenvalue weighted by atomic mass is 10.8. The summed E-state index contributed by atoms with van der Waals surface area (Å²) in [6, 6.07) is 0. The van der Waals surface area contributed by atoms with Gasteiger partial charge in [-0.15, -0.1) is 0 Å². The van der Waals surface area contributed by atoms with Crippen molar-refractivity contribution in [3.8, 4) is 0 Å². The van der Waals surface area contributed by atoms with Gasteiger partial charge in [0, 0.05) is 14.1 Å². The fraction of sp³-hybridized carbons (Fsp3) is 0.667. The maximum Gasteiger partial charge on any atom is 0.188 e. The van der Waals surface area contributed by atoms with Gasteiger partial charge in [0.25, 0.3) is 0 Å². The minimum absolute atomic E-state index is 0.167. The molecule has 0 bridgehead atoms. The fourth-order valence-electron chi connectivity index (χ4n) is 0.112. The molecule has 0 heterocycles. The summed E-state index contributed by atoms with van der Waals surface area (Å²) in [5, 5.41) is 8.92. The number of nitrogens with two attached hydrogens (primary N) is 3. The number of aliphatic imine (C=N–C) groups is 1. The molecule has 0 radical (unpaired) electrons. The summed E-state index contributed by atoms with van der Waals surface area (Å²) >= 11 is 0. The second-order valence-corrected chi connectivity index (χ2v) is 1.54. The van der Waals surface area contributed by atoms with E-state index in [1.165, 1.54) is 14.0 Å². The SMILES string of the molecule is CC(=N)N.CN.CN=C(N)NC. The summed E-state index contributed by atoms with van der Waals surface area (Å²) in [5.74, 6) is 0.634. The van der Waals surface area contributed by atoms with Gasteiger partial charge in [-0.2, -0.15) is 0 Å². The molecule has 0 aromatic rings. The summed E-state index contributed by atoms with van der Waals surface area (Å²) in [4.78, 5) is 3.59. The maximum atomic E-state index is 6.28. The normalized spacial score (nSPS) is 8.25. The number of rotatable bonds is 0. The van der Waals surface area contributed by atoms with Gasteiger partial charge in [-0.25, -0.2) is 0 Å². The summed E-state index contributed by atoms with van der Waals surface area (Å²) in [6.07, 6.45) is 0. The van der Waals surface area contributed by atoms with Crippen LogP contribution in [0.15, 0.2) is 4.99 Å². The predicted molar refractivity (Wildman–Crippen MR) is 54.3 cm³/mol. The van der Waals surface area contributed by atoms with E-state index in [2.05, 4.69) is 16.0 Å². The highest BCUT2D eigenvalue weighted by molar-refractivity contribution is 5.77. The standard InChI is InChI=1S/C3H9N3.C2H6N2.CH5N/c1-5-3(4)6-2;1-2(3)4;1-2/h1-2H3,(H3,4,5,6);1H3,(H3,3,4);2H2,1H3. The zero-order valence-corrected chi connectivity index (χ0v) is 8.18. The maximum absolute atomic E-state index is 6.28. The largest absolute Gasteiger partial charge is 0.388 e. The van der Waals surface area contributed by atoms with E-state index in [0.29, 0.717) is 5.96 Å². The molecule has 0 aliphatic carbocycles. The van der Waals surface area contributed by atoms with E-state index in [1.807, 2.05) is 0 Å². The van der Waals surface area contributed by atoms with Crippen LogP contribution in [-0.2, 0) is 0 Å². The molecular formula is C6H20N6. The highest BCUT2D eigenvalue weighted by atomic mass is 15.1. The number of amidine groups is 1. The monoisotopic (exact) mass is 176 g/mol. The average Bonchev–Trinajstić information content (AvgIpc) is 2.06. The number of hydrogen-bond acceptors (Lipinski definition) is 3. The molecule has 12 heavy (non-hydrogen) atoms. The van der Waals surface area contributed by atoms with Crippen LogP contribution in [0, 0.1) is 5.41 Å². The fourth-order valence-corrected chi connectivity index (χ4v) is 0.112. The van der Waals surface area contributed by atoms with Crippen LogP contribution in [0.25, 0.3) is 0 Å². The smallest absolute Gasteiger partial charge is 0.188 e. The van der Waals surface area contributed by atoms with Gasteiger partial charge in [-0.1, -0.05) is 0 Å². The first-order valence-electron chi connectivity index (χ1n) is 3.33. The van der Waals surface area contributed by atoms with Crippen LogP contribution in [0.4, 0.5) is 0 Å². The highest BCUT2D eigenvalue weighted by Crippen LogP contribution is 1.48. The number of nitrogens with zero attached hydrogens (tertiary/aromatic N) is 1. The molecule has 0 unspecified atom stereocenters. The molecule has 0 aliphatic rings. The summed E-state index contributed by atoms with van der Waals surface area (Å²) in [5.41, 5.74) is 14.3. The quantitative estimate of drug-likeness (QED) is 0.231. The van der Waals surface area contributed by atoms with Crippen molar-refractivity contribution in [3.63, 3.8) is 0 Å². The Bertz CT molecular complexity index is 115. The van der Waals surface area contributed by atoms with Crippen LogP contribution in [0.1, 0.15) is 6.92 Å². The lowest BCUT2D eigenvalue weighted by Crippen LogP contribution is -2.27. The second-order valence-electron chi connectivity index (χ2n) is 1.54. The minimum Gasteiger partial charge on any atom is -0.388 e. The third-order valence-electron chi connectivity index (χ3n) is 0.497. The molecule has 0 aliphatic heterocycles. The zero-order valence-electron chi connectivity index (χ0n) is 8.18. The van der Waals surface area contributed by atoms with Crippen LogP contribution in [0.5, 0.6) is 0 Å². The Morgan fingerprint density at radius 3 is 1.58 bits per heavy atom. The van der Waals surface area contributed by atoms with Gasteiger partial charge in [0.15, 0.2) is 5.96 Å². The van der Waals surface area contributed by atoms with Gasteiger partial charge in [0.1, 0.15) is 0 Å². The Kier molecular flexibility index (Phi) is 23.1. The molecule has 0 amide bonds. The number of hydrogen-bond donors (Lipinski definition) is 5. The number of nitrogens with one attached hydrogen (secondary N) is 2. The third-order valence-corrected chi connectivity index (χ3v) is 0.497. The zero-order chi connectivity index (χ0) is 10.6. The topological polar surface area (TPSA) is 126 Å². The van der Waals surface area contributed by atoms with Crippen molar-refractivity contribution < 1.29 is 0 Å². The highest BCUT2D eigenvalue weighted by Gasteiger charge is 1.71.